The van der Waals surface area contributed by atoms with Gasteiger partial charge in [0, 0.05) is 6.20 Å². The van der Waals surface area contributed by atoms with Gasteiger partial charge in [0.25, 0.3) is 0 Å². The van der Waals surface area contributed by atoms with Gasteiger partial charge in [-0.15, -0.1) is 0 Å². The summed E-state index contributed by atoms with van der Waals surface area (Å²) < 4.78 is 7.18. The molecule has 3 aromatic heterocycles. The van der Waals surface area contributed by atoms with E-state index in [-0.39, 0.29) is 0 Å². The van der Waals surface area contributed by atoms with Crippen molar-refractivity contribution in [3.05, 3.63) is 53.9 Å². The van der Waals surface area contributed by atoms with Gasteiger partial charge in [0.05, 0.1) is 17.4 Å². The van der Waals surface area contributed by atoms with E-state index in [0.717, 1.165) is 27.9 Å². The second kappa shape index (κ2) is 5.01. The van der Waals surface area contributed by atoms with Crippen LogP contribution in [0.3, 0.4) is 0 Å². The third-order valence-corrected chi connectivity index (χ3v) is 3.88. The highest BCUT2D eigenvalue weighted by atomic mass is 16.3. The lowest BCUT2D eigenvalue weighted by molar-refractivity contribution is 0.601. The van der Waals surface area contributed by atoms with Crippen molar-refractivity contribution in [1.29, 1.82) is 0 Å². The first-order chi connectivity index (χ1) is 11.1. The summed E-state index contributed by atoms with van der Waals surface area (Å²) in [4.78, 5) is 12.9. The molecular weight excluding hydrogens is 290 g/mol. The third-order valence-electron chi connectivity index (χ3n) is 3.88. The Balaban J connectivity index is 1.99. The van der Waals surface area contributed by atoms with Crippen molar-refractivity contribution in [2.75, 3.05) is 0 Å². The van der Waals surface area contributed by atoms with Gasteiger partial charge in [-0.1, -0.05) is 17.7 Å². The van der Waals surface area contributed by atoms with E-state index in [1.54, 1.807) is 18.7 Å². The van der Waals surface area contributed by atoms with Gasteiger partial charge < -0.3 is 4.42 Å². The highest BCUT2D eigenvalue weighted by Gasteiger charge is 2.17. The predicted octanol–water partition coefficient (Wildman–Crippen LogP) is 3.40. The van der Waals surface area contributed by atoms with Crippen LogP contribution in [0.4, 0.5) is 0 Å². The van der Waals surface area contributed by atoms with Crippen LogP contribution in [0.25, 0.3) is 28.2 Å². The summed E-state index contributed by atoms with van der Waals surface area (Å²) in [6.07, 6.45) is 6.35. The molecule has 4 aromatic rings. The SMILES string of the molecule is Cc1cc(C)c(-n2ncnc2-c2cncc3ocnc23)c(C)c1. The normalized spacial score (nSPS) is 11.3. The topological polar surface area (TPSA) is 69.6 Å². The summed E-state index contributed by atoms with van der Waals surface area (Å²) >= 11 is 0. The molecule has 4 rings (SSSR count). The summed E-state index contributed by atoms with van der Waals surface area (Å²) in [6, 6.07) is 4.28. The maximum atomic E-state index is 5.33. The molecule has 0 spiro atoms. The third kappa shape index (κ3) is 2.11. The lowest BCUT2D eigenvalue weighted by Gasteiger charge is -2.13. The van der Waals surface area contributed by atoms with Crippen molar-refractivity contribution >= 4 is 11.1 Å². The van der Waals surface area contributed by atoms with Crippen LogP contribution in [0.1, 0.15) is 16.7 Å². The number of hydrogen-bond donors (Lipinski definition) is 0. The molecule has 0 amide bonds. The van der Waals surface area contributed by atoms with Crippen LogP contribution < -0.4 is 0 Å². The number of aromatic nitrogens is 5. The monoisotopic (exact) mass is 305 g/mol. The lowest BCUT2D eigenvalue weighted by Crippen LogP contribution is -2.05. The number of hydrogen-bond acceptors (Lipinski definition) is 5. The summed E-state index contributed by atoms with van der Waals surface area (Å²) in [7, 11) is 0. The highest BCUT2D eigenvalue weighted by molar-refractivity contribution is 5.87. The number of rotatable bonds is 2. The number of nitrogens with zero attached hydrogens (tertiary/aromatic N) is 5. The fourth-order valence-electron chi connectivity index (χ4n) is 3.05. The van der Waals surface area contributed by atoms with E-state index in [4.69, 9.17) is 4.42 Å². The second-order valence-corrected chi connectivity index (χ2v) is 5.63. The summed E-state index contributed by atoms with van der Waals surface area (Å²) in [5.74, 6) is 0.701. The van der Waals surface area contributed by atoms with Crippen molar-refractivity contribution in [2.45, 2.75) is 20.8 Å². The minimum Gasteiger partial charge on any atom is -0.442 e. The van der Waals surface area contributed by atoms with Gasteiger partial charge in [-0.3, -0.25) is 4.98 Å². The largest absolute Gasteiger partial charge is 0.442 e. The number of oxazole rings is 1. The van der Waals surface area contributed by atoms with Crippen molar-refractivity contribution in [3.8, 4) is 17.1 Å². The first-order valence-corrected chi connectivity index (χ1v) is 7.31. The van der Waals surface area contributed by atoms with Crippen molar-refractivity contribution in [2.24, 2.45) is 0 Å². The Morgan fingerprint density at radius 3 is 2.57 bits per heavy atom. The number of fused-ring (bicyclic) bond motifs is 1. The summed E-state index contributed by atoms with van der Waals surface area (Å²) in [5.41, 5.74) is 6.72. The van der Waals surface area contributed by atoms with E-state index in [1.807, 2.05) is 4.68 Å². The Morgan fingerprint density at radius 2 is 1.78 bits per heavy atom. The Hall–Kier alpha value is -3.02. The van der Waals surface area contributed by atoms with Gasteiger partial charge in [-0.25, -0.2) is 14.6 Å². The van der Waals surface area contributed by atoms with Crippen LogP contribution in [-0.4, -0.2) is 24.7 Å². The van der Waals surface area contributed by atoms with Gasteiger partial charge in [0.1, 0.15) is 11.8 Å². The Labute approximate surface area is 132 Å². The van der Waals surface area contributed by atoms with E-state index >= 15 is 0 Å². The Morgan fingerprint density at radius 1 is 1.00 bits per heavy atom. The van der Waals surface area contributed by atoms with Gasteiger partial charge in [0.15, 0.2) is 17.8 Å². The van der Waals surface area contributed by atoms with E-state index in [0.29, 0.717) is 11.4 Å². The zero-order valence-electron chi connectivity index (χ0n) is 13.1. The lowest BCUT2D eigenvalue weighted by atomic mass is 10.0. The average molecular weight is 305 g/mol. The Kier molecular flexibility index (Phi) is 2.97. The first kappa shape index (κ1) is 13.6. The van der Waals surface area contributed by atoms with Crippen LogP contribution >= 0.6 is 0 Å². The molecule has 0 fully saturated rings. The fourth-order valence-corrected chi connectivity index (χ4v) is 3.05. The molecule has 23 heavy (non-hydrogen) atoms. The summed E-state index contributed by atoms with van der Waals surface area (Å²) in [5, 5.41) is 4.42. The molecule has 0 aliphatic heterocycles. The van der Waals surface area contributed by atoms with E-state index in [2.05, 4.69) is 53.0 Å². The van der Waals surface area contributed by atoms with Gasteiger partial charge in [-0.2, -0.15) is 5.10 Å². The van der Waals surface area contributed by atoms with Crippen LogP contribution in [0.2, 0.25) is 0 Å². The Bertz CT molecular complexity index is 992. The second-order valence-electron chi connectivity index (χ2n) is 5.63. The zero-order valence-corrected chi connectivity index (χ0v) is 13.1. The number of pyridine rings is 1. The molecule has 0 N–H and O–H groups in total. The molecule has 0 aliphatic rings. The highest BCUT2D eigenvalue weighted by Crippen LogP contribution is 2.29. The molecule has 6 heteroatoms. The fraction of sp³-hybridized carbons (Fsp3) is 0.176. The standard InChI is InChI=1S/C17H15N5O/c1-10-4-11(2)16(12(3)5-10)22-17(19-8-21-22)13-6-18-7-14-15(13)20-9-23-14/h4-9H,1-3H3. The predicted molar refractivity (Wildman–Crippen MR) is 86.4 cm³/mol. The maximum Gasteiger partial charge on any atom is 0.182 e. The van der Waals surface area contributed by atoms with E-state index < -0.39 is 0 Å². The van der Waals surface area contributed by atoms with Crippen molar-refractivity contribution in [3.63, 3.8) is 0 Å². The zero-order chi connectivity index (χ0) is 16.0. The number of aryl methyl sites for hydroxylation is 3. The first-order valence-electron chi connectivity index (χ1n) is 7.31. The van der Waals surface area contributed by atoms with E-state index in [9.17, 15) is 0 Å². The molecule has 0 bridgehead atoms. The minimum absolute atomic E-state index is 0.634. The molecule has 0 radical (unpaired) electrons. The van der Waals surface area contributed by atoms with E-state index in [1.165, 1.54) is 12.0 Å². The molecule has 1 aromatic carbocycles. The molecule has 114 valence electrons. The molecule has 0 aliphatic carbocycles. The van der Waals surface area contributed by atoms with Crippen LogP contribution in [0.15, 0.2) is 41.7 Å². The maximum absolute atomic E-state index is 5.33. The average Bonchev–Trinajstić information content (AvgIpc) is 3.14. The van der Waals surface area contributed by atoms with Gasteiger partial charge in [-0.05, 0) is 31.9 Å². The number of benzene rings is 1. The quantitative estimate of drug-likeness (QED) is 0.567. The molecule has 0 unspecified atom stereocenters. The van der Waals surface area contributed by atoms with Crippen molar-refractivity contribution < 1.29 is 4.42 Å². The molecule has 3 heterocycles. The van der Waals surface area contributed by atoms with Crippen molar-refractivity contribution in [1.82, 2.24) is 24.7 Å². The van der Waals surface area contributed by atoms with Gasteiger partial charge in [0.2, 0.25) is 0 Å². The smallest absolute Gasteiger partial charge is 0.182 e. The summed E-state index contributed by atoms with van der Waals surface area (Å²) in [6.45, 7) is 6.25. The van der Waals surface area contributed by atoms with Crippen LogP contribution in [0, 0.1) is 20.8 Å². The van der Waals surface area contributed by atoms with Gasteiger partial charge >= 0.3 is 0 Å². The molecular formula is C17H15N5O. The molecule has 0 atom stereocenters. The minimum atomic E-state index is 0.634. The van der Waals surface area contributed by atoms with Crippen LogP contribution in [-0.2, 0) is 0 Å². The van der Waals surface area contributed by atoms with Crippen LogP contribution in [0.5, 0.6) is 0 Å². The molecule has 0 saturated heterocycles. The molecule has 6 nitrogen and oxygen atoms in total. The molecule has 0 saturated carbocycles.